The van der Waals surface area contributed by atoms with E-state index in [1.807, 2.05) is 19.9 Å². The molecule has 27 heavy (non-hydrogen) atoms. The zero-order chi connectivity index (χ0) is 19.8. The number of nitrogens with zero attached hydrogens (tertiary/aromatic N) is 1. The predicted octanol–water partition coefficient (Wildman–Crippen LogP) is 3.52. The van der Waals surface area contributed by atoms with Gasteiger partial charge in [-0.2, -0.15) is 0 Å². The highest BCUT2D eigenvalue weighted by molar-refractivity contribution is 5.92. The van der Waals surface area contributed by atoms with Gasteiger partial charge in [0.25, 0.3) is 5.69 Å². The van der Waals surface area contributed by atoms with Gasteiger partial charge in [0, 0.05) is 36.4 Å². The molecule has 140 valence electrons. The van der Waals surface area contributed by atoms with Crippen molar-refractivity contribution in [2.75, 3.05) is 5.32 Å². The van der Waals surface area contributed by atoms with E-state index in [1.165, 1.54) is 24.3 Å². The highest BCUT2D eigenvalue weighted by Gasteiger charge is 2.07. The minimum Gasteiger partial charge on any atom is -0.348 e. The summed E-state index contributed by atoms with van der Waals surface area (Å²) in [5.41, 5.74) is 2.05. The Kier molecular flexibility index (Phi) is 6.82. The van der Waals surface area contributed by atoms with E-state index in [4.69, 9.17) is 0 Å². The summed E-state index contributed by atoms with van der Waals surface area (Å²) in [4.78, 5) is 34.0. The maximum Gasteiger partial charge on any atom is 0.270 e. The highest BCUT2D eigenvalue weighted by atomic mass is 16.6. The van der Waals surface area contributed by atoms with Gasteiger partial charge in [-0.25, -0.2) is 0 Å². The van der Waals surface area contributed by atoms with Crippen LogP contribution in [0.15, 0.2) is 54.6 Å². The lowest BCUT2D eigenvalue weighted by atomic mass is 10.1. The maximum atomic E-state index is 12.0. The number of non-ortho nitro benzene ring substituents is 1. The molecule has 2 aromatic rings. The Morgan fingerprint density at radius 2 is 1.89 bits per heavy atom. The molecule has 2 rings (SSSR count). The molecule has 0 bridgehead atoms. The Balaban J connectivity index is 1.93. The molecule has 0 saturated carbocycles. The fourth-order valence-corrected chi connectivity index (χ4v) is 2.21. The Bertz CT molecular complexity index is 875. The Morgan fingerprint density at radius 1 is 1.15 bits per heavy atom. The zero-order valence-corrected chi connectivity index (χ0v) is 15.1. The summed E-state index contributed by atoms with van der Waals surface area (Å²) in [6.45, 7) is 3.92. The van der Waals surface area contributed by atoms with Crippen molar-refractivity contribution in [2.24, 2.45) is 5.92 Å². The fraction of sp³-hybridized carbons (Fsp3) is 0.200. The molecule has 7 heteroatoms. The first-order valence-corrected chi connectivity index (χ1v) is 8.45. The molecule has 2 amide bonds. The largest absolute Gasteiger partial charge is 0.348 e. The number of carbonyl (C=O) groups excluding carboxylic acids is 2. The zero-order valence-electron chi connectivity index (χ0n) is 15.1. The summed E-state index contributed by atoms with van der Waals surface area (Å²) in [5, 5.41) is 16.3. The number of anilines is 1. The minimum atomic E-state index is -0.484. The molecular formula is C20H21N3O4. The molecular weight excluding hydrogens is 346 g/mol. The van der Waals surface area contributed by atoms with Gasteiger partial charge >= 0.3 is 0 Å². The number of rotatable bonds is 7. The van der Waals surface area contributed by atoms with Crippen LogP contribution in [0.25, 0.3) is 6.08 Å². The molecule has 0 aromatic heterocycles. The van der Waals surface area contributed by atoms with E-state index >= 15 is 0 Å². The molecule has 0 spiro atoms. The van der Waals surface area contributed by atoms with E-state index in [9.17, 15) is 19.7 Å². The molecule has 7 nitrogen and oxygen atoms in total. The van der Waals surface area contributed by atoms with Crippen molar-refractivity contribution in [3.8, 4) is 0 Å². The SMILES string of the molecule is CC(C)C(=O)Nc1cccc(CNC(=O)C=Cc2cccc([N+](=O)[O-])c2)c1. The van der Waals surface area contributed by atoms with Gasteiger partial charge in [0.05, 0.1) is 4.92 Å². The summed E-state index contributed by atoms with van der Waals surface area (Å²) in [6, 6.07) is 13.3. The second-order valence-electron chi connectivity index (χ2n) is 6.25. The summed E-state index contributed by atoms with van der Waals surface area (Å²) in [5.74, 6) is -0.512. The van der Waals surface area contributed by atoms with Crippen molar-refractivity contribution in [1.82, 2.24) is 5.32 Å². The van der Waals surface area contributed by atoms with Crippen molar-refractivity contribution in [3.63, 3.8) is 0 Å². The molecule has 0 saturated heterocycles. The second-order valence-corrected chi connectivity index (χ2v) is 6.25. The van der Waals surface area contributed by atoms with Crippen molar-refractivity contribution < 1.29 is 14.5 Å². The van der Waals surface area contributed by atoms with Crippen LogP contribution in [-0.4, -0.2) is 16.7 Å². The average Bonchev–Trinajstić information content (AvgIpc) is 2.65. The monoisotopic (exact) mass is 367 g/mol. The molecule has 0 radical (unpaired) electrons. The van der Waals surface area contributed by atoms with Gasteiger partial charge in [-0.1, -0.05) is 38.1 Å². The Labute approximate surface area is 157 Å². The van der Waals surface area contributed by atoms with E-state index in [1.54, 1.807) is 30.3 Å². The lowest BCUT2D eigenvalue weighted by Gasteiger charge is -2.09. The number of hydrogen-bond donors (Lipinski definition) is 2. The number of nitrogens with one attached hydrogen (secondary N) is 2. The number of nitro groups is 1. The van der Waals surface area contributed by atoms with Gasteiger partial charge < -0.3 is 10.6 Å². The summed E-state index contributed by atoms with van der Waals surface area (Å²) < 4.78 is 0. The van der Waals surface area contributed by atoms with Crippen LogP contribution in [0.3, 0.4) is 0 Å². The van der Waals surface area contributed by atoms with Gasteiger partial charge in [-0.05, 0) is 29.3 Å². The molecule has 0 aliphatic rings. The first-order valence-electron chi connectivity index (χ1n) is 8.45. The molecule has 0 fully saturated rings. The van der Waals surface area contributed by atoms with Crippen molar-refractivity contribution in [1.29, 1.82) is 0 Å². The number of nitro benzene ring substituents is 1. The summed E-state index contributed by atoms with van der Waals surface area (Å²) >= 11 is 0. The van der Waals surface area contributed by atoms with E-state index < -0.39 is 4.92 Å². The van der Waals surface area contributed by atoms with Crippen LogP contribution in [0, 0.1) is 16.0 Å². The van der Waals surface area contributed by atoms with Crippen LogP contribution < -0.4 is 10.6 Å². The molecule has 0 atom stereocenters. The van der Waals surface area contributed by atoms with Gasteiger partial charge in [0.2, 0.25) is 11.8 Å². The van der Waals surface area contributed by atoms with Gasteiger partial charge in [-0.3, -0.25) is 19.7 Å². The van der Waals surface area contributed by atoms with Crippen LogP contribution in [0.1, 0.15) is 25.0 Å². The van der Waals surface area contributed by atoms with Crippen LogP contribution in [0.4, 0.5) is 11.4 Å². The topological polar surface area (TPSA) is 101 Å². The summed E-state index contributed by atoms with van der Waals surface area (Å²) in [6.07, 6.45) is 2.84. The van der Waals surface area contributed by atoms with Crippen molar-refractivity contribution in [2.45, 2.75) is 20.4 Å². The van der Waals surface area contributed by atoms with Crippen LogP contribution >= 0.6 is 0 Å². The molecule has 0 aliphatic carbocycles. The summed E-state index contributed by atoms with van der Waals surface area (Å²) in [7, 11) is 0. The highest BCUT2D eigenvalue weighted by Crippen LogP contribution is 2.14. The van der Waals surface area contributed by atoms with Gasteiger partial charge in [0.15, 0.2) is 0 Å². The third-order valence-corrected chi connectivity index (χ3v) is 3.69. The minimum absolute atomic E-state index is 0.0298. The first-order chi connectivity index (χ1) is 12.8. The van der Waals surface area contributed by atoms with Crippen molar-refractivity contribution in [3.05, 3.63) is 75.8 Å². The maximum absolute atomic E-state index is 12.0. The lowest BCUT2D eigenvalue weighted by Crippen LogP contribution is -2.21. The number of carbonyl (C=O) groups is 2. The molecule has 2 aromatic carbocycles. The van der Waals surface area contributed by atoms with Crippen LogP contribution in [-0.2, 0) is 16.1 Å². The Morgan fingerprint density at radius 3 is 2.59 bits per heavy atom. The lowest BCUT2D eigenvalue weighted by molar-refractivity contribution is -0.384. The standard InChI is InChI=1S/C20H21N3O4/c1-14(2)20(25)22-17-7-3-6-16(11-17)13-21-19(24)10-9-15-5-4-8-18(12-15)23(26)27/h3-12,14H,13H2,1-2H3,(H,21,24)(H,22,25). The first kappa shape index (κ1) is 19.8. The van der Waals surface area contributed by atoms with Gasteiger partial charge in [-0.15, -0.1) is 0 Å². The number of hydrogen-bond acceptors (Lipinski definition) is 4. The van der Waals surface area contributed by atoms with Gasteiger partial charge in [0.1, 0.15) is 0 Å². The number of benzene rings is 2. The third-order valence-electron chi connectivity index (χ3n) is 3.69. The molecule has 0 heterocycles. The fourth-order valence-electron chi connectivity index (χ4n) is 2.21. The Hall–Kier alpha value is -3.48. The quantitative estimate of drug-likeness (QED) is 0.444. The predicted molar refractivity (Wildman–Crippen MR) is 104 cm³/mol. The normalized spacial score (nSPS) is 10.8. The smallest absolute Gasteiger partial charge is 0.270 e. The average molecular weight is 367 g/mol. The van der Waals surface area contributed by atoms with E-state index in [0.29, 0.717) is 17.8 Å². The molecule has 0 unspecified atom stereocenters. The molecule has 2 N–H and O–H groups in total. The van der Waals surface area contributed by atoms with Crippen LogP contribution in [0.5, 0.6) is 0 Å². The molecule has 0 aliphatic heterocycles. The van der Waals surface area contributed by atoms with E-state index in [-0.39, 0.29) is 23.4 Å². The van der Waals surface area contributed by atoms with E-state index in [0.717, 1.165) is 5.56 Å². The second kappa shape index (κ2) is 9.28. The number of amides is 2. The van der Waals surface area contributed by atoms with E-state index in [2.05, 4.69) is 10.6 Å². The third kappa shape index (κ3) is 6.39. The van der Waals surface area contributed by atoms with Crippen LogP contribution in [0.2, 0.25) is 0 Å². The van der Waals surface area contributed by atoms with Crippen molar-refractivity contribution >= 4 is 29.3 Å².